The summed E-state index contributed by atoms with van der Waals surface area (Å²) in [4.78, 5) is 24.8. The minimum atomic E-state index is -2.15. The van der Waals surface area contributed by atoms with Crippen LogP contribution in [0.25, 0.3) is 10.9 Å². The molecule has 2 aromatic rings. The number of ketones is 1. The standard InChI is InChI=1S/C10H4Cl4N2O3/c11-4-1-5-6(9(17)10(12,13)14)3-15-8(5)7(2-4)16(18)19/h1-3,15H. The van der Waals surface area contributed by atoms with Crippen molar-refractivity contribution < 1.29 is 9.72 Å². The Balaban J connectivity index is 2.74. The van der Waals surface area contributed by atoms with Crippen LogP contribution >= 0.6 is 46.4 Å². The second kappa shape index (κ2) is 4.83. The number of carbonyl (C=O) groups is 1. The molecule has 0 spiro atoms. The summed E-state index contributed by atoms with van der Waals surface area (Å²) in [5.41, 5.74) is -0.0848. The van der Waals surface area contributed by atoms with Crippen molar-refractivity contribution in [2.75, 3.05) is 0 Å². The lowest BCUT2D eigenvalue weighted by Crippen LogP contribution is -2.18. The van der Waals surface area contributed by atoms with Crippen LogP contribution in [0.5, 0.6) is 0 Å². The van der Waals surface area contributed by atoms with Crippen LogP contribution in [0.4, 0.5) is 5.69 Å². The van der Waals surface area contributed by atoms with Gasteiger partial charge in [0.1, 0.15) is 5.52 Å². The first kappa shape index (κ1) is 14.4. The van der Waals surface area contributed by atoms with Crippen LogP contribution in [0, 0.1) is 10.1 Å². The number of nitrogens with one attached hydrogen (secondary N) is 1. The van der Waals surface area contributed by atoms with Crippen molar-refractivity contribution in [3.63, 3.8) is 0 Å². The molecule has 0 fully saturated rings. The van der Waals surface area contributed by atoms with Gasteiger partial charge in [0.05, 0.1) is 4.92 Å². The van der Waals surface area contributed by atoms with Crippen molar-refractivity contribution in [1.82, 2.24) is 4.98 Å². The lowest BCUT2D eigenvalue weighted by atomic mass is 10.1. The molecule has 0 radical (unpaired) electrons. The maximum atomic E-state index is 11.9. The molecule has 0 atom stereocenters. The van der Waals surface area contributed by atoms with Crippen LogP contribution < -0.4 is 0 Å². The molecule has 0 aliphatic carbocycles. The zero-order valence-corrected chi connectivity index (χ0v) is 11.9. The smallest absolute Gasteiger partial charge is 0.294 e. The molecule has 0 saturated heterocycles. The lowest BCUT2D eigenvalue weighted by molar-refractivity contribution is -0.383. The molecular weight excluding hydrogens is 338 g/mol. The van der Waals surface area contributed by atoms with E-state index in [1.807, 2.05) is 0 Å². The van der Waals surface area contributed by atoms with Gasteiger partial charge in [0.15, 0.2) is 0 Å². The van der Waals surface area contributed by atoms with Crippen LogP contribution in [0.2, 0.25) is 5.02 Å². The van der Waals surface area contributed by atoms with E-state index < -0.39 is 14.5 Å². The number of hydrogen-bond donors (Lipinski definition) is 1. The molecule has 0 amide bonds. The number of nitro groups is 1. The largest absolute Gasteiger partial charge is 0.355 e. The van der Waals surface area contributed by atoms with Gasteiger partial charge < -0.3 is 4.98 Å². The molecule has 2 rings (SSSR count). The number of halogens is 4. The van der Waals surface area contributed by atoms with Crippen molar-refractivity contribution >= 4 is 68.8 Å². The summed E-state index contributed by atoms with van der Waals surface area (Å²) in [5.74, 6) is -0.791. The average Bonchev–Trinajstić information content (AvgIpc) is 2.68. The van der Waals surface area contributed by atoms with Gasteiger partial charge in [-0.1, -0.05) is 46.4 Å². The summed E-state index contributed by atoms with van der Waals surface area (Å²) in [7, 11) is 0. The number of nitrogens with zero attached hydrogens (tertiary/aromatic N) is 1. The quantitative estimate of drug-likeness (QED) is 0.383. The number of benzene rings is 1. The van der Waals surface area contributed by atoms with Crippen molar-refractivity contribution in [2.24, 2.45) is 0 Å². The lowest BCUT2D eigenvalue weighted by Gasteiger charge is -2.08. The number of nitro benzene ring substituents is 1. The van der Waals surface area contributed by atoms with Crippen LogP contribution in [-0.2, 0) is 0 Å². The molecule has 1 N–H and O–H groups in total. The molecule has 0 aliphatic rings. The fourth-order valence-corrected chi connectivity index (χ4v) is 2.18. The highest BCUT2D eigenvalue weighted by atomic mass is 35.6. The minimum Gasteiger partial charge on any atom is -0.355 e. The third-order valence-electron chi connectivity index (χ3n) is 2.43. The third-order valence-corrected chi connectivity index (χ3v) is 3.17. The van der Waals surface area contributed by atoms with E-state index in [1.54, 1.807) is 0 Å². The van der Waals surface area contributed by atoms with Gasteiger partial charge in [0.25, 0.3) is 9.48 Å². The Kier molecular flexibility index (Phi) is 3.66. The molecule has 1 aromatic heterocycles. The van der Waals surface area contributed by atoms with Crippen LogP contribution in [0.1, 0.15) is 10.4 Å². The summed E-state index contributed by atoms with van der Waals surface area (Å²) in [5, 5.41) is 11.2. The predicted molar refractivity (Wildman–Crippen MR) is 74.6 cm³/mol. The molecule has 100 valence electrons. The number of carbonyl (C=O) groups excluding carboxylic acids is 1. The molecule has 0 unspecified atom stereocenters. The SMILES string of the molecule is O=C(c1c[nH]c2c([N+](=O)[O-])cc(Cl)cc12)C(Cl)(Cl)Cl. The molecule has 0 saturated carbocycles. The number of alkyl halides is 3. The van der Waals surface area contributed by atoms with Gasteiger partial charge in [-0.05, 0) is 6.07 Å². The monoisotopic (exact) mass is 340 g/mol. The number of hydrogen-bond acceptors (Lipinski definition) is 3. The first-order chi connectivity index (χ1) is 8.71. The Labute approximate surface area is 126 Å². The fourth-order valence-electron chi connectivity index (χ4n) is 1.66. The van der Waals surface area contributed by atoms with E-state index in [9.17, 15) is 14.9 Å². The number of Topliss-reactive ketones (excluding diaryl/α,β-unsaturated/α-hetero) is 1. The number of aromatic amines is 1. The van der Waals surface area contributed by atoms with Crippen molar-refractivity contribution in [2.45, 2.75) is 3.79 Å². The summed E-state index contributed by atoms with van der Waals surface area (Å²) < 4.78 is -2.15. The molecular formula is C10H4Cl4N2O3. The van der Waals surface area contributed by atoms with Gasteiger partial charge in [-0.25, -0.2) is 0 Å². The van der Waals surface area contributed by atoms with Gasteiger partial charge in [0.2, 0.25) is 5.78 Å². The maximum absolute atomic E-state index is 11.9. The molecule has 0 bridgehead atoms. The third kappa shape index (κ3) is 2.65. The Morgan fingerprint density at radius 1 is 1.32 bits per heavy atom. The summed E-state index contributed by atoms with van der Waals surface area (Å²) >= 11 is 22.3. The zero-order valence-electron chi connectivity index (χ0n) is 8.92. The minimum absolute atomic E-state index is 0.0283. The van der Waals surface area contributed by atoms with Crippen molar-refractivity contribution in [1.29, 1.82) is 0 Å². The molecule has 1 aromatic carbocycles. The fraction of sp³-hybridized carbons (Fsp3) is 0.100. The Hall–Kier alpha value is -1.01. The second-order valence-electron chi connectivity index (χ2n) is 3.63. The van der Waals surface area contributed by atoms with Crippen molar-refractivity contribution in [3.05, 3.63) is 39.0 Å². The van der Waals surface area contributed by atoms with Gasteiger partial charge in [-0.15, -0.1) is 0 Å². The number of H-pyrrole nitrogens is 1. The Morgan fingerprint density at radius 3 is 2.47 bits per heavy atom. The van der Waals surface area contributed by atoms with Crippen LogP contribution in [0.15, 0.2) is 18.3 Å². The Morgan fingerprint density at radius 2 is 1.95 bits per heavy atom. The van der Waals surface area contributed by atoms with Gasteiger partial charge in [-0.2, -0.15) is 0 Å². The molecule has 9 heteroatoms. The first-order valence-electron chi connectivity index (χ1n) is 4.78. The molecule has 1 heterocycles. The normalized spacial score (nSPS) is 11.8. The van der Waals surface area contributed by atoms with E-state index in [2.05, 4.69) is 4.98 Å². The van der Waals surface area contributed by atoms with E-state index in [0.717, 1.165) is 0 Å². The van der Waals surface area contributed by atoms with Gasteiger partial charge >= 0.3 is 0 Å². The molecule has 5 nitrogen and oxygen atoms in total. The molecule has 0 aliphatic heterocycles. The van der Waals surface area contributed by atoms with Gasteiger partial charge in [0, 0.05) is 28.2 Å². The van der Waals surface area contributed by atoms with Crippen LogP contribution in [-0.4, -0.2) is 19.5 Å². The summed E-state index contributed by atoms with van der Waals surface area (Å²) in [6.07, 6.45) is 1.25. The predicted octanol–water partition coefficient (Wildman–Crippen LogP) is 4.28. The zero-order chi connectivity index (χ0) is 14.4. The first-order valence-corrected chi connectivity index (χ1v) is 6.29. The number of rotatable bonds is 2. The highest BCUT2D eigenvalue weighted by Crippen LogP contribution is 2.36. The van der Waals surface area contributed by atoms with Crippen molar-refractivity contribution in [3.8, 4) is 0 Å². The molecule has 19 heavy (non-hydrogen) atoms. The maximum Gasteiger partial charge on any atom is 0.294 e. The highest BCUT2D eigenvalue weighted by Gasteiger charge is 2.34. The number of non-ortho nitro benzene ring substituents is 1. The van der Waals surface area contributed by atoms with E-state index in [4.69, 9.17) is 46.4 Å². The van der Waals surface area contributed by atoms with E-state index in [1.165, 1.54) is 18.3 Å². The van der Waals surface area contributed by atoms with Crippen LogP contribution in [0.3, 0.4) is 0 Å². The Bertz CT molecular complexity index is 690. The number of aromatic nitrogens is 1. The number of fused-ring (bicyclic) bond motifs is 1. The average molecular weight is 342 g/mol. The topological polar surface area (TPSA) is 76.0 Å². The van der Waals surface area contributed by atoms with Gasteiger partial charge in [-0.3, -0.25) is 14.9 Å². The summed E-state index contributed by atoms with van der Waals surface area (Å²) in [6.45, 7) is 0. The second-order valence-corrected chi connectivity index (χ2v) is 6.35. The highest BCUT2D eigenvalue weighted by molar-refractivity contribution is 6.77. The van der Waals surface area contributed by atoms with E-state index in [-0.39, 0.29) is 27.2 Å². The van der Waals surface area contributed by atoms with E-state index >= 15 is 0 Å². The van der Waals surface area contributed by atoms with E-state index in [0.29, 0.717) is 0 Å². The summed E-state index contributed by atoms with van der Waals surface area (Å²) in [6, 6.07) is 2.56.